The van der Waals surface area contributed by atoms with E-state index in [2.05, 4.69) is 5.32 Å². The van der Waals surface area contributed by atoms with Gasteiger partial charge in [0.1, 0.15) is 0 Å². The van der Waals surface area contributed by atoms with Crippen LogP contribution in [0.25, 0.3) is 0 Å². The van der Waals surface area contributed by atoms with E-state index >= 15 is 0 Å². The van der Waals surface area contributed by atoms with Gasteiger partial charge in [-0.25, -0.2) is 0 Å². The first-order valence-electron chi connectivity index (χ1n) is 10.1. The van der Waals surface area contributed by atoms with Gasteiger partial charge in [0.15, 0.2) is 0 Å². The fourth-order valence-corrected chi connectivity index (χ4v) is 4.31. The van der Waals surface area contributed by atoms with Crippen molar-refractivity contribution >= 4 is 51.9 Å². The molecule has 0 saturated heterocycles. The number of benzene rings is 3. The molecule has 0 fully saturated rings. The van der Waals surface area contributed by atoms with Gasteiger partial charge in [-0.05, 0) is 60.9 Å². The highest BCUT2D eigenvalue weighted by Crippen LogP contribution is 2.41. The van der Waals surface area contributed by atoms with Gasteiger partial charge in [0, 0.05) is 30.1 Å². The molecule has 3 aromatic carbocycles. The Morgan fingerprint density at radius 3 is 2.41 bits per heavy atom. The molecule has 1 aliphatic rings. The highest BCUT2D eigenvalue weighted by molar-refractivity contribution is 6.34. The molecule has 0 unspecified atom stereocenters. The summed E-state index contributed by atoms with van der Waals surface area (Å²) in [4.78, 5) is 24.9. The molecule has 1 amide bonds. The van der Waals surface area contributed by atoms with Crippen LogP contribution in [0.2, 0.25) is 10.0 Å². The van der Waals surface area contributed by atoms with Crippen LogP contribution in [0.4, 0.5) is 35.9 Å². The Labute approximate surface area is 202 Å². The lowest BCUT2D eigenvalue weighted by atomic mass is 9.99. The molecule has 0 radical (unpaired) electrons. The van der Waals surface area contributed by atoms with E-state index in [1.54, 1.807) is 18.2 Å². The van der Waals surface area contributed by atoms with E-state index in [1.165, 1.54) is 18.2 Å². The number of nitro benzene ring substituents is 1. The third-order valence-electron chi connectivity index (χ3n) is 5.43. The summed E-state index contributed by atoms with van der Waals surface area (Å²) < 4.78 is 39.0. The molecular formula is C23H16Cl2F3N3O3. The summed E-state index contributed by atoms with van der Waals surface area (Å²) in [5, 5.41) is 13.8. The number of fused-ring (bicyclic) bond motifs is 1. The maximum Gasteiger partial charge on any atom is 0.416 e. The number of aryl methyl sites for hydroxylation is 1. The third-order valence-corrected chi connectivity index (χ3v) is 6.06. The van der Waals surface area contributed by atoms with Crippen molar-refractivity contribution in [1.29, 1.82) is 0 Å². The standard InChI is InChI=1S/C23H16Cl2F3N3O3/c24-18-6-5-16(31(33)34)12-17(18)22(32)29-15-4-8-20-13(10-15)2-1-9-30(20)21-7-3-14(11-19(21)25)23(26,27)28/h3-8,10-12H,1-2,9H2,(H,29,32). The number of rotatable bonds is 4. The van der Waals surface area contributed by atoms with Crippen LogP contribution < -0.4 is 10.2 Å². The number of hydrogen-bond acceptors (Lipinski definition) is 4. The van der Waals surface area contributed by atoms with Crippen LogP contribution in [0.5, 0.6) is 0 Å². The van der Waals surface area contributed by atoms with Crippen molar-refractivity contribution in [1.82, 2.24) is 0 Å². The second-order valence-electron chi connectivity index (χ2n) is 7.64. The van der Waals surface area contributed by atoms with Crippen molar-refractivity contribution in [3.8, 4) is 0 Å². The monoisotopic (exact) mass is 509 g/mol. The Morgan fingerprint density at radius 1 is 1.00 bits per heavy atom. The number of amides is 1. The van der Waals surface area contributed by atoms with E-state index in [1.807, 2.05) is 4.90 Å². The summed E-state index contributed by atoms with van der Waals surface area (Å²) in [6.07, 6.45) is -3.08. The van der Waals surface area contributed by atoms with Crippen molar-refractivity contribution in [2.24, 2.45) is 0 Å². The zero-order valence-electron chi connectivity index (χ0n) is 17.3. The van der Waals surface area contributed by atoms with Gasteiger partial charge in [-0.15, -0.1) is 0 Å². The highest BCUT2D eigenvalue weighted by atomic mass is 35.5. The van der Waals surface area contributed by atoms with Crippen LogP contribution in [0.3, 0.4) is 0 Å². The summed E-state index contributed by atoms with van der Waals surface area (Å²) in [5.41, 5.74) is 1.42. The number of carbonyl (C=O) groups is 1. The lowest BCUT2D eigenvalue weighted by Gasteiger charge is -2.32. The minimum Gasteiger partial charge on any atom is -0.340 e. The molecule has 0 spiro atoms. The Kier molecular flexibility index (Phi) is 6.42. The lowest BCUT2D eigenvalue weighted by molar-refractivity contribution is -0.384. The molecule has 3 aromatic rings. The minimum atomic E-state index is -4.49. The number of anilines is 3. The third kappa shape index (κ3) is 4.80. The fraction of sp³-hybridized carbons (Fsp3) is 0.174. The topological polar surface area (TPSA) is 75.5 Å². The van der Waals surface area contributed by atoms with Gasteiger partial charge in [-0.2, -0.15) is 13.2 Å². The van der Waals surface area contributed by atoms with Crippen LogP contribution in [0, 0.1) is 10.1 Å². The number of halogens is 5. The van der Waals surface area contributed by atoms with Crippen LogP contribution >= 0.6 is 23.2 Å². The van der Waals surface area contributed by atoms with Crippen molar-refractivity contribution in [3.63, 3.8) is 0 Å². The Balaban J connectivity index is 1.60. The number of hydrogen-bond donors (Lipinski definition) is 1. The fourth-order valence-electron chi connectivity index (χ4n) is 3.83. The molecular weight excluding hydrogens is 494 g/mol. The first-order valence-corrected chi connectivity index (χ1v) is 10.8. The zero-order valence-corrected chi connectivity index (χ0v) is 18.8. The molecule has 0 saturated carbocycles. The molecule has 4 rings (SSSR count). The number of non-ortho nitro benzene ring substituents is 1. The van der Waals surface area contributed by atoms with Gasteiger partial charge < -0.3 is 10.2 Å². The molecule has 0 aliphatic carbocycles. The summed E-state index contributed by atoms with van der Waals surface area (Å²) in [7, 11) is 0. The molecule has 0 bridgehead atoms. The summed E-state index contributed by atoms with van der Waals surface area (Å²) in [6.45, 7) is 0.563. The van der Waals surface area contributed by atoms with Gasteiger partial charge in [-0.3, -0.25) is 14.9 Å². The van der Waals surface area contributed by atoms with Gasteiger partial charge in [0.2, 0.25) is 0 Å². The second kappa shape index (κ2) is 9.15. The summed E-state index contributed by atoms with van der Waals surface area (Å²) in [6, 6.07) is 12.0. The smallest absolute Gasteiger partial charge is 0.340 e. The average molecular weight is 510 g/mol. The van der Waals surface area contributed by atoms with Gasteiger partial charge in [-0.1, -0.05) is 23.2 Å². The Hall–Kier alpha value is -3.30. The molecule has 0 aromatic heterocycles. The molecule has 0 atom stereocenters. The van der Waals surface area contributed by atoms with Crippen LogP contribution in [-0.2, 0) is 12.6 Å². The highest BCUT2D eigenvalue weighted by Gasteiger charge is 2.32. The van der Waals surface area contributed by atoms with E-state index in [9.17, 15) is 28.1 Å². The van der Waals surface area contributed by atoms with Crippen LogP contribution in [-0.4, -0.2) is 17.4 Å². The number of nitro groups is 1. The van der Waals surface area contributed by atoms with Crippen LogP contribution in [0.15, 0.2) is 54.6 Å². The number of nitrogens with zero attached hydrogens (tertiary/aromatic N) is 2. The molecule has 176 valence electrons. The van der Waals surface area contributed by atoms with E-state index in [0.717, 1.165) is 35.9 Å². The zero-order chi connectivity index (χ0) is 24.6. The predicted molar refractivity (Wildman–Crippen MR) is 124 cm³/mol. The van der Waals surface area contributed by atoms with Gasteiger partial charge in [0.25, 0.3) is 11.6 Å². The van der Waals surface area contributed by atoms with Crippen molar-refractivity contribution in [3.05, 3.63) is 91.4 Å². The van der Waals surface area contributed by atoms with E-state index < -0.39 is 22.6 Å². The predicted octanol–water partition coefficient (Wildman–Crippen LogP) is 7.26. The maximum absolute atomic E-state index is 13.0. The van der Waals surface area contributed by atoms with Gasteiger partial charge >= 0.3 is 6.18 Å². The minimum absolute atomic E-state index is 0.0135. The quantitative estimate of drug-likeness (QED) is 0.296. The normalized spacial score (nSPS) is 13.4. The van der Waals surface area contributed by atoms with Crippen molar-refractivity contribution in [2.75, 3.05) is 16.8 Å². The summed E-state index contributed by atoms with van der Waals surface area (Å²) >= 11 is 12.2. The maximum atomic E-state index is 13.0. The molecule has 34 heavy (non-hydrogen) atoms. The average Bonchev–Trinajstić information content (AvgIpc) is 2.78. The molecule has 1 heterocycles. The number of nitrogens with one attached hydrogen (secondary N) is 1. The Morgan fingerprint density at radius 2 is 1.74 bits per heavy atom. The SMILES string of the molecule is O=C(Nc1ccc2c(c1)CCCN2c1ccc(C(F)(F)F)cc1Cl)c1cc([N+](=O)[O-])ccc1Cl. The lowest BCUT2D eigenvalue weighted by Crippen LogP contribution is -2.25. The Bertz CT molecular complexity index is 1300. The molecule has 6 nitrogen and oxygen atoms in total. The summed E-state index contributed by atoms with van der Waals surface area (Å²) in [5.74, 6) is -0.605. The van der Waals surface area contributed by atoms with E-state index in [-0.39, 0.29) is 21.3 Å². The van der Waals surface area contributed by atoms with Crippen molar-refractivity contribution < 1.29 is 22.9 Å². The molecule has 1 N–H and O–H groups in total. The number of alkyl halides is 3. The first-order chi connectivity index (χ1) is 16.0. The van der Waals surface area contributed by atoms with Crippen LogP contribution in [0.1, 0.15) is 27.9 Å². The van der Waals surface area contributed by atoms with E-state index in [0.29, 0.717) is 24.3 Å². The van der Waals surface area contributed by atoms with Crippen molar-refractivity contribution in [2.45, 2.75) is 19.0 Å². The van der Waals surface area contributed by atoms with E-state index in [4.69, 9.17) is 23.2 Å². The largest absolute Gasteiger partial charge is 0.416 e. The number of carbonyl (C=O) groups excluding carboxylic acids is 1. The van der Waals surface area contributed by atoms with Gasteiger partial charge in [0.05, 0.1) is 31.8 Å². The second-order valence-corrected chi connectivity index (χ2v) is 8.45. The first kappa shape index (κ1) is 23.8. The molecule has 11 heteroatoms. The molecule has 1 aliphatic heterocycles.